The second-order valence-corrected chi connectivity index (χ2v) is 16.9. The van der Waals surface area contributed by atoms with E-state index in [1.165, 1.54) is 38.9 Å². The quantitative estimate of drug-likeness (QED) is 0.0157. The number of amides is 9. The number of benzene rings is 1. The van der Waals surface area contributed by atoms with Gasteiger partial charge in [-0.15, -0.1) is 0 Å². The van der Waals surface area contributed by atoms with Crippen LogP contribution in [0.4, 0.5) is 0 Å². The number of rotatable bonds is 32. The number of primary amides is 2. The number of aliphatic carboxylic acids is 1. The largest absolute Gasteiger partial charge is 0.480 e. The van der Waals surface area contributed by atoms with E-state index in [1.54, 1.807) is 30.3 Å². The molecule has 0 saturated carbocycles. The summed E-state index contributed by atoms with van der Waals surface area (Å²) in [6, 6.07) is -3.53. The molecule has 29 nitrogen and oxygen atoms in total. The van der Waals surface area contributed by atoms with Gasteiger partial charge in [0.2, 0.25) is 53.2 Å². The van der Waals surface area contributed by atoms with Gasteiger partial charge in [0.15, 0.2) is 5.96 Å². The third-order valence-corrected chi connectivity index (χ3v) is 10.9. The number of aliphatic hydroxyl groups excluding tert-OH is 1. The summed E-state index contributed by atoms with van der Waals surface area (Å²) in [6.07, 6.45) is 1.74. The molecule has 0 aliphatic heterocycles. The Kier molecular flexibility index (Phi) is 23.9. The van der Waals surface area contributed by atoms with Crippen molar-refractivity contribution in [3.05, 3.63) is 72.3 Å². The molecule has 9 amide bonds. The van der Waals surface area contributed by atoms with Crippen LogP contribution in [-0.4, -0.2) is 156 Å². The third kappa shape index (κ3) is 21.2. The summed E-state index contributed by atoms with van der Waals surface area (Å²) in [4.78, 5) is 150. The van der Waals surface area contributed by atoms with Gasteiger partial charge in [0, 0.05) is 62.4 Å². The van der Waals surface area contributed by atoms with Crippen molar-refractivity contribution in [2.45, 2.75) is 126 Å². The van der Waals surface area contributed by atoms with Crippen molar-refractivity contribution in [3.8, 4) is 0 Å². The number of nitrogens with one attached hydrogen (secondary N) is 9. The number of aliphatic hydroxyl groups is 1. The number of nitrogens with two attached hydrogens (primary N) is 5. The van der Waals surface area contributed by atoms with Gasteiger partial charge < -0.3 is 86.1 Å². The number of H-pyrrole nitrogens is 2. The van der Waals surface area contributed by atoms with E-state index in [9.17, 15) is 58.2 Å². The Morgan fingerprint density at radius 2 is 1.00 bits per heavy atom. The summed E-state index contributed by atoms with van der Waals surface area (Å²) >= 11 is 0. The fourth-order valence-electron chi connectivity index (χ4n) is 6.84. The first-order valence-electron chi connectivity index (χ1n) is 22.9. The first-order chi connectivity index (χ1) is 34.5. The van der Waals surface area contributed by atoms with Gasteiger partial charge in [0.05, 0.1) is 18.8 Å². The van der Waals surface area contributed by atoms with Crippen LogP contribution < -0.4 is 65.9 Å². The van der Waals surface area contributed by atoms with E-state index in [4.69, 9.17) is 28.7 Å². The van der Waals surface area contributed by atoms with E-state index in [0.29, 0.717) is 17.0 Å². The molecule has 2 heterocycles. The van der Waals surface area contributed by atoms with Gasteiger partial charge in [0.25, 0.3) is 0 Å². The van der Waals surface area contributed by atoms with Crippen LogP contribution in [0.1, 0.15) is 69.3 Å². The maximum absolute atomic E-state index is 14.5. The first-order valence-corrected chi connectivity index (χ1v) is 22.9. The number of imidazole rings is 2. The number of hydrogen-bond donors (Lipinski definition) is 16. The van der Waals surface area contributed by atoms with Crippen molar-refractivity contribution >= 4 is 65.1 Å². The molecule has 1 aromatic carbocycles. The van der Waals surface area contributed by atoms with Gasteiger partial charge in [-0.2, -0.15) is 0 Å². The fraction of sp³-hybridized carbons (Fsp3) is 0.477. The average Bonchev–Trinajstić information content (AvgIpc) is 4.06. The SMILES string of the molecule is CC(NC(=O)C(N)C(C)O)C(=O)NC(CCC(N)=O)C(=O)NC(CCC(N)=O)C(=O)NC(Cc1ccccc1)C(=O)NC(Cc1cnc[nH]1)C(=O)NC(CCCN=C(N)N)C(=O)NC(Cc1cnc[nH]1)C(=O)O. The highest BCUT2D eigenvalue weighted by Crippen LogP contribution is 2.11. The number of carbonyl (C=O) groups excluding carboxylic acids is 9. The summed E-state index contributed by atoms with van der Waals surface area (Å²) in [5.74, 6) is -10.0. The number of aromatic amines is 2. The van der Waals surface area contributed by atoms with Gasteiger partial charge in [-0.25, -0.2) is 14.8 Å². The lowest BCUT2D eigenvalue weighted by atomic mass is 10.0. The molecule has 0 saturated heterocycles. The Morgan fingerprint density at radius 3 is 1.44 bits per heavy atom. The summed E-state index contributed by atoms with van der Waals surface area (Å²) < 4.78 is 0. The van der Waals surface area contributed by atoms with Crippen LogP contribution in [-0.2, 0) is 67.2 Å². The highest BCUT2D eigenvalue weighted by atomic mass is 16.4. The Hall–Kier alpha value is -8.47. The number of nitrogens with zero attached hydrogens (tertiary/aromatic N) is 3. The number of aliphatic imine (C=N–C) groups is 1. The minimum atomic E-state index is -1.63. The monoisotopic (exact) mass is 1020 g/mol. The van der Waals surface area contributed by atoms with Crippen LogP contribution in [0, 0.1) is 0 Å². The second kappa shape index (κ2) is 29.7. The van der Waals surface area contributed by atoms with Gasteiger partial charge in [-0.05, 0) is 45.1 Å². The Balaban J connectivity index is 1.95. The van der Waals surface area contributed by atoms with E-state index in [0.717, 1.165) is 0 Å². The second-order valence-electron chi connectivity index (χ2n) is 16.9. The van der Waals surface area contributed by atoms with E-state index in [1.807, 2.05) is 0 Å². The molecular formula is C44H65N17O12. The van der Waals surface area contributed by atoms with Crippen LogP contribution >= 0.6 is 0 Å². The summed E-state index contributed by atoms with van der Waals surface area (Å²) in [5.41, 5.74) is 28.6. The summed E-state index contributed by atoms with van der Waals surface area (Å²) in [5, 5.41) is 36.9. The molecule has 0 fully saturated rings. The molecule has 73 heavy (non-hydrogen) atoms. The van der Waals surface area contributed by atoms with Gasteiger partial charge in [-0.1, -0.05) is 30.3 Å². The number of carboxylic acids is 1. The van der Waals surface area contributed by atoms with Crippen molar-refractivity contribution in [1.82, 2.24) is 57.2 Å². The molecular weight excluding hydrogens is 959 g/mol. The average molecular weight is 1020 g/mol. The molecule has 0 aliphatic rings. The molecule has 3 aromatic rings. The number of aromatic nitrogens is 4. The fourth-order valence-corrected chi connectivity index (χ4v) is 6.84. The Bertz CT molecular complexity index is 2360. The van der Waals surface area contributed by atoms with Crippen molar-refractivity contribution in [2.75, 3.05) is 6.54 Å². The maximum Gasteiger partial charge on any atom is 0.326 e. The molecule has 3 rings (SSSR count). The molecule has 0 bridgehead atoms. The van der Waals surface area contributed by atoms with Crippen molar-refractivity contribution in [3.63, 3.8) is 0 Å². The number of carbonyl (C=O) groups is 10. The van der Waals surface area contributed by atoms with Crippen LogP contribution in [0.25, 0.3) is 0 Å². The molecule has 29 heteroatoms. The number of carboxylic acid groups (broad SMARTS) is 1. The van der Waals surface area contributed by atoms with Crippen LogP contribution in [0.15, 0.2) is 60.4 Å². The van der Waals surface area contributed by atoms with Crippen molar-refractivity contribution in [2.24, 2.45) is 33.7 Å². The van der Waals surface area contributed by atoms with Crippen LogP contribution in [0.5, 0.6) is 0 Å². The van der Waals surface area contributed by atoms with Crippen LogP contribution in [0.3, 0.4) is 0 Å². The maximum atomic E-state index is 14.5. The lowest BCUT2D eigenvalue weighted by Crippen LogP contribution is -2.60. The lowest BCUT2D eigenvalue weighted by Gasteiger charge is -2.28. The predicted octanol–water partition coefficient (Wildman–Crippen LogP) is -6.05. The van der Waals surface area contributed by atoms with E-state index >= 15 is 0 Å². The topological polar surface area (TPSA) is 495 Å². The van der Waals surface area contributed by atoms with Gasteiger partial charge in [0.1, 0.15) is 48.3 Å². The molecule has 2 aromatic heterocycles. The zero-order valence-corrected chi connectivity index (χ0v) is 40.2. The number of guanidine groups is 1. The van der Waals surface area contributed by atoms with Crippen molar-refractivity contribution < 1.29 is 58.2 Å². The summed E-state index contributed by atoms with van der Waals surface area (Å²) in [6.45, 7) is 2.54. The normalized spacial score (nSPS) is 14.6. The predicted molar refractivity (Wildman–Crippen MR) is 258 cm³/mol. The summed E-state index contributed by atoms with van der Waals surface area (Å²) in [7, 11) is 0. The van der Waals surface area contributed by atoms with E-state index in [2.05, 4.69) is 62.1 Å². The minimum absolute atomic E-state index is 0.0250. The number of hydrogen-bond acceptors (Lipinski definition) is 15. The lowest BCUT2D eigenvalue weighted by molar-refractivity contribution is -0.142. The first kappa shape index (κ1) is 58.8. The van der Waals surface area contributed by atoms with Crippen molar-refractivity contribution in [1.29, 1.82) is 0 Å². The van der Waals surface area contributed by atoms with Gasteiger partial charge in [-0.3, -0.25) is 48.1 Å². The molecule has 0 aliphatic carbocycles. The third-order valence-electron chi connectivity index (χ3n) is 10.9. The molecule has 21 N–H and O–H groups in total. The highest BCUT2D eigenvalue weighted by molar-refractivity contribution is 5.98. The molecule has 0 radical (unpaired) electrons. The minimum Gasteiger partial charge on any atom is -0.480 e. The molecule has 0 spiro atoms. The molecule has 9 unspecified atom stereocenters. The van der Waals surface area contributed by atoms with E-state index < -0.39 is 139 Å². The molecule has 9 atom stereocenters. The Morgan fingerprint density at radius 1 is 0.575 bits per heavy atom. The van der Waals surface area contributed by atoms with Crippen LogP contribution in [0.2, 0.25) is 0 Å². The van der Waals surface area contributed by atoms with E-state index in [-0.39, 0.29) is 44.6 Å². The molecule has 398 valence electrons. The smallest absolute Gasteiger partial charge is 0.326 e. The highest BCUT2D eigenvalue weighted by Gasteiger charge is 2.35. The van der Waals surface area contributed by atoms with Gasteiger partial charge >= 0.3 is 5.97 Å². The zero-order chi connectivity index (χ0) is 54.2. The standard InChI is InChI=1S/C44H65N17O12/c1-22(55-42(71)35(47)23(2)62)36(65)56-28(10-12-33(45)63)38(67)58-29(11-13-34(46)64)39(68)59-30(15-24-7-4-3-5-8-24)40(69)60-31(16-25-18-50-20-53-25)41(70)57-27(9-6-14-52-44(48)49)37(66)61-32(43(72)73)17-26-19-51-21-54-26/h3-5,7-8,18-23,27-32,35,62H,6,9-17,47H2,1-2H3,(H2,45,63)(H2,46,64)(H,50,53)(H,51,54)(H,55,71)(H,56,65)(H,57,70)(H,58,67)(H,59,68)(H,60,69)(H,61,66)(H,72,73)(H4,48,49,52). The zero-order valence-electron chi connectivity index (χ0n) is 40.2. The Labute approximate surface area is 418 Å².